The van der Waals surface area contributed by atoms with Gasteiger partial charge in [-0.05, 0) is 134 Å². The number of hydrogen-bond acceptors (Lipinski definition) is 3. The molecule has 0 aliphatic rings. The third-order valence-electron chi connectivity index (χ3n) is 12.6. The Morgan fingerprint density at radius 3 is 1.38 bits per heavy atom. The molecule has 1 heterocycles. The molecule has 0 radical (unpaired) electrons. The number of para-hydroxylation sites is 2. The van der Waals surface area contributed by atoms with Crippen molar-refractivity contribution in [2.45, 2.75) is 0 Å². The van der Waals surface area contributed by atoms with E-state index >= 15 is 0 Å². The average Bonchev–Trinajstić information content (AvgIpc) is 3.74. The van der Waals surface area contributed by atoms with Crippen LogP contribution in [0.2, 0.25) is 0 Å². The summed E-state index contributed by atoms with van der Waals surface area (Å²) >= 11 is 0. The lowest BCUT2D eigenvalue weighted by atomic mass is 9.93. The Hall–Kier alpha value is -8.66. The van der Waals surface area contributed by atoms with Crippen LogP contribution in [0.15, 0.2) is 259 Å². The van der Waals surface area contributed by atoms with Gasteiger partial charge in [0.2, 0.25) is 0 Å². The van der Waals surface area contributed by atoms with Crippen molar-refractivity contribution in [2.75, 3.05) is 9.80 Å². The molecule has 0 spiro atoms. The van der Waals surface area contributed by atoms with Crippen molar-refractivity contribution < 1.29 is 4.42 Å². The first kappa shape index (κ1) is 38.0. The lowest BCUT2D eigenvalue weighted by Gasteiger charge is -2.30. The topological polar surface area (TPSA) is 19.6 Å². The summed E-state index contributed by atoms with van der Waals surface area (Å²) in [6.07, 6.45) is 0. The van der Waals surface area contributed by atoms with Gasteiger partial charge < -0.3 is 14.2 Å². The number of anilines is 6. The molecule has 1 aromatic heterocycles. The second-order valence-electron chi connectivity index (χ2n) is 16.5. The van der Waals surface area contributed by atoms with Gasteiger partial charge in [-0.1, -0.05) is 170 Å². The van der Waals surface area contributed by atoms with Crippen molar-refractivity contribution in [1.82, 2.24) is 0 Å². The smallest absolute Gasteiger partial charge is 0.139 e. The molecule has 0 aliphatic carbocycles. The van der Waals surface area contributed by atoms with Crippen LogP contribution in [0, 0.1) is 0 Å². The van der Waals surface area contributed by atoms with Gasteiger partial charge in [-0.2, -0.15) is 0 Å². The molecule has 0 fully saturated rings. The minimum absolute atomic E-state index is 0.812. The molecule has 3 nitrogen and oxygen atoms in total. The number of fused-ring (bicyclic) bond motifs is 5. The Kier molecular flexibility index (Phi) is 9.50. The number of nitrogens with zero attached hydrogens (tertiary/aromatic N) is 2. The first-order valence-electron chi connectivity index (χ1n) is 22.2. The zero-order valence-corrected chi connectivity index (χ0v) is 35.6. The van der Waals surface area contributed by atoms with E-state index < -0.39 is 0 Å². The Morgan fingerprint density at radius 1 is 0.262 bits per heavy atom. The molecule has 12 rings (SSSR count). The van der Waals surface area contributed by atoms with E-state index in [1.807, 2.05) is 0 Å². The normalized spacial score (nSPS) is 11.4. The maximum atomic E-state index is 6.97. The quantitative estimate of drug-likeness (QED) is 0.144. The van der Waals surface area contributed by atoms with Crippen molar-refractivity contribution >= 4 is 77.6 Å². The summed E-state index contributed by atoms with van der Waals surface area (Å²) in [5, 5.41) is 6.90. The number of benzene rings is 11. The summed E-state index contributed by atoms with van der Waals surface area (Å²) in [5.41, 5.74) is 15.0. The first-order chi connectivity index (χ1) is 32.2. The van der Waals surface area contributed by atoms with Crippen LogP contribution in [0.25, 0.3) is 76.9 Å². The third-order valence-corrected chi connectivity index (χ3v) is 12.6. The molecular weight excluding hydrogens is 789 g/mol. The van der Waals surface area contributed by atoms with Crippen molar-refractivity contribution in [3.8, 4) is 33.4 Å². The first-order valence-corrected chi connectivity index (χ1v) is 22.2. The summed E-state index contributed by atoms with van der Waals surface area (Å²) in [6, 6.07) is 91.3. The van der Waals surface area contributed by atoms with Crippen LogP contribution in [0.1, 0.15) is 0 Å². The number of hydrogen-bond donors (Lipinski definition) is 0. The molecule has 0 atom stereocenters. The molecule has 0 amide bonds. The lowest BCUT2D eigenvalue weighted by Crippen LogP contribution is -2.13. The minimum Gasteiger partial charge on any atom is -0.456 e. The van der Waals surface area contributed by atoms with Crippen LogP contribution in [0.5, 0.6) is 0 Å². The third kappa shape index (κ3) is 7.06. The van der Waals surface area contributed by atoms with Crippen LogP contribution in [-0.4, -0.2) is 0 Å². The number of rotatable bonds is 9. The van der Waals surface area contributed by atoms with Gasteiger partial charge in [0.15, 0.2) is 0 Å². The van der Waals surface area contributed by atoms with E-state index in [0.29, 0.717) is 0 Å². The van der Waals surface area contributed by atoms with Crippen LogP contribution in [-0.2, 0) is 0 Å². The predicted octanol–water partition coefficient (Wildman–Crippen LogP) is 17.8. The fraction of sp³-hybridized carbons (Fsp3) is 0. The number of furan rings is 1. The summed E-state index contributed by atoms with van der Waals surface area (Å²) in [4.78, 5) is 4.72. The van der Waals surface area contributed by atoms with Gasteiger partial charge in [-0.25, -0.2) is 0 Å². The maximum Gasteiger partial charge on any atom is 0.139 e. The Labute approximate surface area is 378 Å². The van der Waals surface area contributed by atoms with E-state index in [0.717, 1.165) is 67.0 Å². The van der Waals surface area contributed by atoms with Crippen molar-refractivity contribution in [2.24, 2.45) is 0 Å². The molecule has 3 heteroatoms. The van der Waals surface area contributed by atoms with Crippen molar-refractivity contribution in [1.29, 1.82) is 0 Å². The maximum absolute atomic E-state index is 6.97. The molecule has 306 valence electrons. The average molecular weight is 831 g/mol. The zero-order valence-electron chi connectivity index (χ0n) is 35.6. The molecule has 0 bridgehead atoms. The van der Waals surface area contributed by atoms with Gasteiger partial charge in [0, 0.05) is 34.2 Å². The SMILES string of the molecule is c1ccc(-c2ccc(N(c3ccccc3)c3cc(N(c4ccccc4)c4ccc(-c5cc(-c6ccccc6)c6ccccc6c5)cc4)c4c(c3)oc3cc5ccccc5cc34)cc2)cc1. The highest BCUT2D eigenvalue weighted by Gasteiger charge is 2.24. The van der Waals surface area contributed by atoms with Gasteiger partial charge >= 0.3 is 0 Å². The Bertz CT molecular complexity index is 3620. The van der Waals surface area contributed by atoms with Crippen molar-refractivity contribution in [3.05, 3.63) is 255 Å². The van der Waals surface area contributed by atoms with E-state index in [9.17, 15) is 0 Å². The molecule has 11 aromatic carbocycles. The summed E-state index contributed by atoms with van der Waals surface area (Å²) in [7, 11) is 0. The largest absolute Gasteiger partial charge is 0.456 e. The molecule has 0 saturated carbocycles. The van der Waals surface area contributed by atoms with E-state index in [2.05, 4.69) is 265 Å². The molecule has 12 aromatic rings. The summed E-state index contributed by atoms with van der Waals surface area (Å²) < 4.78 is 6.97. The second kappa shape index (κ2) is 16.2. The van der Waals surface area contributed by atoms with E-state index in [4.69, 9.17) is 4.42 Å². The van der Waals surface area contributed by atoms with Crippen LogP contribution in [0.4, 0.5) is 34.1 Å². The van der Waals surface area contributed by atoms with Gasteiger partial charge in [0.05, 0.1) is 16.8 Å². The highest BCUT2D eigenvalue weighted by atomic mass is 16.3. The van der Waals surface area contributed by atoms with Crippen LogP contribution < -0.4 is 9.80 Å². The fourth-order valence-electron chi connectivity index (χ4n) is 9.46. The van der Waals surface area contributed by atoms with Crippen LogP contribution >= 0.6 is 0 Å². The molecule has 65 heavy (non-hydrogen) atoms. The monoisotopic (exact) mass is 830 g/mol. The highest BCUT2D eigenvalue weighted by Crippen LogP contribution is 2.48. The van der Waals surface area contributed by atoms with Gasteiger partial charge in [0.25, 0.3) is 0 Å². The molecule has 0 unspecified atom stereocenters. The zero-order chi connectivity index (χ0) is 43.1. The molecule has 0 saturated heterocycles. The van der Waals surface area contributed by atoms with Crippen molar-refractivity contribution in [3.63, 3.8) is 0 Å². The van der Waals surface area contributed by atoms with E-state index in [-0.39, 0.29) is 0 Å². The highest BCUT2D eigenvalue weighted by molar-refractivity contribution is 6.17. The summed E-state index contributed by atoms with van der Waals surface area (Å²) in [5.74, 6) is 0. The van der Waals surface area contributed by atoms with E-state index in [1.165, 1.54) is 44.0 Å². The minimum atomic E-state index is 0.812. The van der Waals surface area contributed by atoms with Crippen LogP contribution in [0.3, 0.4) is 0 Å². The fourth-order valence-corrected chi connectivity index (χ4v) is 9.46. The van der Waals surface area contributed by atoms with Gasteiger partial charge in [-0.15, -0.1) is 0 Å². The standard InChI is InChI=1S/C62H42N2O/c1-5-17-43(18-6-1)44-29-33-53(34-30-44)63(51-24-9-3-10-25-51)55-41-59(62-58-38-47-21-13-14-22-48(47)40-60(58)65-61(62)42-55)64(52-26-11-4-12-27-52)54-35-31-45(32-36-54)50-37-49-23-15-16-28-56(49)57(39-50)46-19-7-2-8-20-46/h1-42H. The summed E-state index contributed by atoms with van der Waals surface area (Å²) in [6.45, 7) is 0. The Morgan fingerprint density at radius 2 is 0.738 bits per heavy atom. The second-order valence-corrected chi connectivity index (χ2v) is 16.5. The molecular formula is C62H42N2O. The Balaban J connectivity index is 1.07. The van der Waals surface area contributed by atoms with Gasteiger partial charge in [-0.3, -0.25) is 0 Å². The lowest BCUT2D eigenvalue weighted by molar-refractivity contribution is 0.669. The molecule has 0 N–H and O–H groups in total. The van der Waals surface area contributed by atoms with E-state index in [1.54, 1.807) is 0 Å². The predicted molar refractivity (Wildman–Crippen MR) is 274 cm³/mol. The van der Waals surface area contributed by atoms with Gasteiger partial charge in [0.1, 0.15) is 11.2 Å². The molecule has 0 aliphatic heterocycles.